The Labute approximate surface area is 313 Å². The lowest BCUT2D eigenvalue weighted by Gasteiger charge is -2.55. The molecule has 1 saturated heterocycles. The van der Waals surface area contributed by atoms with Crippen molar-refractivity contribution in [3.05, 3.63) is 63.7 Å². The number of benzene rings is 2. The number of hydrogen-bond donors (Lipinski definition) is 6. The summed E-state index contributed by atoms with van der Waals surface area (Å²) in [6, 6.07) is 12.1. The fourth-order valence-corrected chi connectivity index (χ4v) is 8.48. The van der Waals surface area contributed by atoms with Gasteiger partial charge in [0.1, 0.15) is 10.6 Å². The number of carboxylic acid groups (broad SMARTS) is 1. The van der Waals surface area contributed by atoms with Gasteiger partial charge >= 0.3 is 5.97 Å². The van der Waals surface area contributed by atoms with Crippen LogP contribution in [0, 0.1) is 11.2 Å². The van der Waals surface area contributed by atoms with Gasteiger partial charge in [-0.1, -0.05) is 77.4 Å². The molecule has 0 radical (unpaired) electrons. The predicted molar refractivity (Wildman–Crippen MR) is 212 cm³/mol. The van der Waals surface area contributed by atoms with E-state index >= 15 is 0 Å². The summed E-state index contributed by atoms with van der Waals surface area (Å²) in [6.45, 7) is 22.0. The number of rotatable bonds is 7. The minimum absolute atomic E-state index is 0.0142. The van der Waals surface area contributed by atoms with Crippen LogP contribution in [0.3, 0.4) is 0 Å². The maximum absolute atomic E-state index is 14.5. The molecule has 2 heterocycles. The van der Waals surface area contributed by atoms with Gasteiger partial charge in [-0.3, -0.25) is 13.9 Å². The van der Waals surface area contributed by atoms with Crippen molar-refractivity contribution >= 4 is 57.5 Å². The first-order chi connectivity index (χ1) is 23.4. The Bertz CT molecular complexity index is 1580. The summed E-state index contributed by atoms with van der Waals surface area (Å²) in [4.78, 5) is 21.5. The van der Waals surface area contributed by atoms with Crippen LogP contribution < -0.4 is 11.1 Å². The first kappa shape index (κ1) is 46.0. The van der Waals surface area contributed by atoms with E-state index in [2.05, 4.69) is 33.0 Å². The summed E-state index contributed by atoms with van der Waals surface area (Å²) < 4.78 is 43.8. The van der Waals surface area contributed by atoms with Crippen LogP contribution in [-0.4, -0.2) is 59.8 Å². The maximum atomic E-state index is 14.5. The lowest BCUT2D eigenvalue weighted by Crippen LogP contribution is -2.53. The smallest absolute Gasteiger partial charge is 0.352 e. The van der Waals surface area contributed by atoms with Crippen molar-refractivity contribution < 1.29 is 38.0 Å². The van der Waals surface area contributed by atoms with Crippen LogP contribution >= 0.6 is 33.7 Å². The number of aromatic hydroxyl groups is 1. The zero-order valence-corrected chi connectivity index (χ0v) is 34.0. The number of hydrogen-bond acceptors (Lipinski definition) is 10. The molecular formula is C37H57ClFN3O7S2. The largest absolute Gasteiger partial charge is 0.505 e. The van der Waals surface area contributed by atoms with Gasteiger partial charge in [-0.15, -0.1) is 22.1 Å². The third-order valence-electron chi connectivity index (χ3n) is 6.82. The summed E-state index contributed by atoms with van der Waals surface area (Å²) in [5.41, 5.74) is 6.54. The average molecular weight is 774 g/mol. The zero-order valence-electron chi connectivity index (χ0n) is 31.6. The van der Waals surface area contributed by atoms with Crippen LogP contribution in [0.25, 0.3) is 10.4 Å². The second-order valence-electron chi connectivity index (χ2n) is 15.0. The molecule has 1 aromatic heterocycles. The van der Waals surface area contributed by atoms with E-state index in [4.69, 9.17) is 32.0 Å². The van der Waals surface area contributed by atoms with E-state index in [1.54, 1.807) is 31.1 Å². The van der Waals surface area contributed by atoms with E-state index in [0.29, 0.717) is 29.7 Å². The van der Waals surface area contributed by atoms with Gasteiger partial charge in [0.25, 0.3) is 6.47 Å². The van der Waals surface area contributed by atoms with Gasteiger partial charge < -0.3 is 26.0 Å². The summed E-state index contributed by atoms with van der Waals surface area (Å²) in [5, 5.41) is 21.0. The third-order valence-corrected chi connectivity index (χ3v) is 10.6. The van der Waals surface area contributed by atoms with Gasteiger partial charge in [0.2, 0.25) is 0 Å². The summed E-state index contributed by atoms with van der Waals surface area (Å²) in [5.74, 6) is -1.81. The SMILES string of the molecule is CC.CC(C)(C)C.CC(C)(C)OC(=O)c1sc(-c2cccc(NC3CCN(S(O)(O)Cc4cccc(N)c4F)C(C)(C)C3)c2)c(Cl)c1O.O=CO. The number of nitrogens with two attached hydrogens (primary N) is 1. The number of nitrogen functional groups attached to an aromatic ring is 1. The number of thiophene rings is 1. The second kappa shape index (κ2) is 19.1. The van der Waals surface area contributed by atoms with Crippen LogP contribution in [0.15, 0.2) is 42.5 Å². The number of anilines is 2. The van der Waals surface area contributed by atoms with Crippen molar-refractivity contribution in [2.75, 3.05) is 17.6 Å². The molecule has 51 heavy (non-hydrogen) atoms. The van der Waals surface area contributed by atoms with Crippen molar-refractivity contribution in [3.8, 4) is 16.2 Å². The molecule has 2 aromatic carbocycles. The maximum Gasteiger partial charge on any atom is 0.352 e. The zero-order chi connectivity index (χ0) is 39.5. The van der Waals surface area contributed by atoms with Crippen LogP contribution in [0.1, 0.15) is 104 Å². The molecular weight excluding hydrogens is 717 g/mol. The van der Waals surface area contributed by atoms with Gasteiger partial charge in [-0.25, -0.2) is 13.5 Å². The number of esters is 1. The van der Waals surface area contributed by atoms with Crippen molar-refractivity contribution in [2.24, 2.45) is 5.41 Å². The molecule has 1 aliphatic heterocycles. The van der Waals surface area contributed by atoms with E-state index < -0.39 is 33.7 Å². The Morgan fingerprint density at radius 1 is 1.14 bits per heavy atom. The summed E-state index contributed by atoms with van der Waals surface area (Å²) in [6.07, 6.45) is 1.21. The number of ether oxygens (including phenoxy) is 1. The van der Waals surface area contributed by atoms with Gasteiger partial charge in [0.05, 0.1) is 16.3 Å². The highest BCUT2D eigenvalue weighted by atomic mass is 35.5. The quantitative estimate of drug-likeness (QED) is 0.0773. The van der Waals surface area contributed by atoms with E-state index in [1.165, 1.54) is 12.1 Å². The summed E-state index contributed by atoms with van der Waals surface area (Å²) in [7, 11) is -3.31. The van der Waals surface area contributed by atoms with Gasteiger partial charge in [0.15, 0.2) is 16.4 Å². The molecule has 3 aromatic rings. The Morgan fingerprint density at radius 3 is 2.22 bits per heavy atom. The highest BCUT2D eigenvalue weighted by Crippen LogP contribution is 2.53. The fourth-order valence-electron chi connectivity index (χ4n) is 5.08. The molecule has 288 valence electrons. The van der Waals surface area contributed by atoms with E-state index in [-0.39, 0.29) is 45.2 Å². The van der Waals surface area contributed by atoms with E-state index in [1.807, 2.05) is 52.0 Å². The topological polar surface area (TPSA) is 166 Å². The van der Waals surface area contributed by atoms with Crippen LogP contribution in [0.5, 0.6) is 5.75 Å². The van der Waals surface area contributed by atoms with Gasteiger partial charge in [0, 0.05) is 29.4 Å². The molecule has 1 atom stereocenters. The third kappa shape index (κ3) is 14.5. The molecule has 1 aliphatic rings. The molecule has 7 N–H and O–H groups in total. The molecule has 0 bridgehead atoms. The number of halogens is 2. The molecule has 0 amide bonds. The first-order valence-corrected chi connectivity index (χ1v) is 19.5. The lowest BCUT2D eigenvalue weighted by molar-refractivity contribution is -0.122. The number of piperidine rings is 1. The summed E-state index contributed by atoms with van der Waals surface area (Å²) >= 11 is 7.50. The fraction of sp³-hybridized carbons (Fsp3) is 0.514. The monoisotopic (exact) mass is 773 g/mol. The standard InChI is InChI=1S/C29H37ClFN3O5S2.C5H12.C2H6.CH2O2/c1-28(2,3)39-27(36)26-24(35)22(30)25(40-26)17-8-6-10-19(14-17)33-20-12-13-34(29(4,5)15-20)41(37,38)16-18-9-7-11-21(32)23(18)31;1-5(2,3)4;1-2;2-1-3/h6-11,14,20,33,35,37-38H,12-13,15-16,32H2,1-5H3;1-4H3;1-2H3;1H,(H,2,3). The average Bonchev–Trinajstić information content (AvgIpc) is 3.28. The minimum atomic E-state index is -3.31. The Hall–Kier alpha value is -3.07. The second-order valence-corrected chi connectivity index (χ2v) is 18.3. The minimum Gasteiger partial charge on any atom is -0.505 e. The molecule has 1 fully saturated rings. The Kier molecular flexibility index (Phi) is 17.2. The molecule has 10 nitrogen and oxygen atoms in total. The number of carbonyl (C=O) groups is 2. The number of nitrogens with zero attached hydrogens (tertiary/aromatic N) is 1. The van der Waals surface area contributed by atoms with Gasteiger partial charge in [-0.05, 0) is 76.6 Å². The lowest BCUT2D eigenvalue weighted by atomic mass is 9.89. The Balaban J connectivity index is 0.00000116. The molecule has 1 unspecified atom stereocenters. The normalized spacial score (nSPS) is 16.2. The first-order valence-electron chi connectivity index (χ1n) is 16.7. The highest BCUT2D eigenvalue weighted by Gasteiger charge is 2.42. The molecule has 4 rings (SSSR count). The van der Waals surface area contributed by atoms with Gasteiger partial charge in [-0.2, -0.15) is 0 Å². The van der Waals surface area contributed by atoms with Crippen LogP contribution in [0.4, 0.5) is 15.8 Å². The van der Waals surface area contributed by atoms with Crippen molar-refractivity contribution in [3.63, 3.8) is 0 Å². The molecule has 14 heteroatoms. The Morgan fingerprint density at radius 2 is 1.69 bits per heavy atom. The van der Waals surface area contributed by atoms with Crippen LogP contribution in [-0.2, 0) is 15.3 Å². The van der Waals surface area contributed by atoms with E-state index in [0.717, 1.165) is 22.6 Å². The highest BCUT2D eigenvalue weighted by molar-refractivity contribution is 8.21. The molecule has 0 saturated carbocycles. The van der Waals surface area contributed by atoms with Crippen molar-refractivity contribution in [1.29, 1.82) is 0 Å². The van der Waals surface area contributed by atoms with Crippen LogP contribution in [0.2, 0.25) is 5.02 Å². The van der Waals surface area contributed by atoms with Crippen molar-refractivity contribution in [2.45, 2.75) is 112 Å². The number of nitrogens with one attached hydrogen (secondary N) is 1. The van der Waals surface area contributed by atoms with E-state index in [9.17, 15) is 23.4 Å². The number of carbonyl (C=O) groups excluding carboxylic acids is 1. The molecule has 0 aliphatic carbocycles. The molecule has 0 spiro atoms. The van der Waals surface area contributed by atoms with Crippen molar-refractivity contribution in [1.82, 2.24) is 4.31 Å². The predicted octanol–water partition coefficient (Wildman–Crippen LogP) is 10.8.